The van der Waals surface area contributed by atoms with Gasteiger partial charge < -0.3 is 19.7 Å². The molecule has 1 aliphatic heterocycles. The van der Waals surface area contributed by atoms with Crippen LogP contribution in [0.5, 0.6) is 11.5 Å². The fraction of sp³-hybridized carbons (Fsp3) is 0.235. The van der Waals surface area contributed by atoms with Gasteiger partial charge in [0.05, 0.1) is 6.42 Å². The van der Waals surface area contributed by atoms with Gasteiger partial charge in [-0.05, 0) is 47.2 Å². The van der Waals surface area contributed by atoms with E-state index in [0.717, 1.165) is 22.3 Å². The van der Waals surface area contributed by atoms with Gasteiger partial charge in [-0.2, -0.15) is 0 Å². The predicted molar refractivity (Wildman–Crippen MR) is 156 cm³/mol. The molecule has 6 heteroatoms. The van der Waals surface area contributed by atoms with E-state index in [1.807, 2.05) is 85.8 Å². The molecule has 0 radical (unpaired) electrons. The van der Waals surface area contributed by atoms with Crippen LogP contribution in [-0.2, 0) is 22.6 Å². The Morgan fingerprint density at radius 3 is 2.17 bits per heavy atom. The van der Waals surface area contributed by atoms with Crippen LogP contribution in [0.2, 0.25) is 0 Å². The highest BCUT2D eigenvalue weighted by atomic mass is 16.7. The summed E-state index contributed by atoms with van der Waals surface area (Å²) in [7, 11) is 0. The fourth-order valence-corrected chi connectivity index (χ4v) is 4.81. The minimum Gasteiger partial charge on any atom is -0.454 e. The number of anilines is 1. The van der Waals surface area contributed by atoms with Crippen LogP contribution in [0.25, 0.3) is 0 Å². The summed E-state index contributed by atoms with van der Waals surface area (Å²) in [6.45, 7) is 6.73. The molecule has 0 aliphatic carbocycles. The van der Waals surface area contributed by atoms with Crippen molar-refractivity contribution in [2.75, 3.05) is 12.1 Å². The lowest BCUT2D eigenvalue weighted by Crippen LogP contribution is -2.41. The molecular formula is C34H34N2O4. The standard InChI is InChI=1S/C34H34N2O4/c1-23(2)27-13-15-28(16-14-27)33(34(38)35-29-17-18-30-31(20-29)40-22-39-30)36(21-26-11-9-24(3)10-12-26)32(37)19-25-7-5-4-6-8-25/h4-18,20,23,33H,19,21-22H2,1-3H3,(H,35,38). The van der Waals surface area contributed by atoms with Crippen molar-refractivity contribution in [2.45, 2.75) is 45.7 Å². The van der Waals surface area contributed by atoms with Crippen molar-refractivity contribution in [3.8, 4) is 11.5 Å². The van der Waals surface area contributed by atoms with Gasteiger partial charge in [0.1, 0.15) is 6.04 Å². The van der Waals surface area contributed by atoms with E-state index in [4.69, 9.17) is 9.47 Å². The van der Waals surface area contributed by atoms with Crippen molar-refractivity contribution < 1.29 is 19.1 Å². The van der Waals surface area contributed by atoms with Gasteiger partial charge in [-0.15, -0.1) is 0 Å². The van der Waals surface area contributed by atoms with Gasteiger partial charge in [-0.1, -0.05) is 98.3 Å². The van der Waals surface area contributed by atoms with Crippen molar-refractivity contribution in [3.05, 3.63) is 125 Å². The predicted octanol–water partition coefficient (Wildman–Crippen LogP) is 6.80. The summed E-state index contributed by atoms with van der Waals surface area (Å²) in [4.78, 5) is 29.8. The fourth-order valence-electron chi connectivity index (χ4n) is 4.81. The molecule has 4 aromatic carbocycles. The highest BCUT2D eigenvalue weighted by Crippen LogP contribution is 2.35. The van der Waals surface area contributed by atoms with Gasteiger partial charge in [0, 0.05) is 18.3 Å². The summed E-state index contributed by atoms with van der Waals surface area (Å²) in [5.41, 5.74) is 5.46. The summed E-state index contributed by atoms with van der Waals surface area (Å²) in [6, 6.07) is 30.1. The highest BCUT2D eigenvalue weighted by Gasteiger charge is 2.32. The Hall–Kier alpha value is -4.58. The van der Waals surface area contributed by atoms with E-state index in [-0.39, 0.29) is 31.6 Å². The second-order valence-corrected chi connectivity index (χ2v) is 10.5. The molecule has 2 amide bonds. The van der Waals surface area contributed by atoms with Crippen LogP contribution in [0.15, 0.2) is 97.1 Å². The van der Waals surface area contributed by atoms with E-state index in [0.29, 0.717) is 23.1 Å². The Kier molecular flexibility index (Phi) is 8.15. The number of amides is 2. The Bertz CT molecular complexity index is 1460. The molecular weight excluding hydrogens is 500 g/mol. The average Bonchev–Trinajstić information content (AvgIpc) is 3.42. The second kappa shape index (κ2) is 12.1. The van der Waals surface area contributed by atoms with Crippen LogP contribution in [0.1, 0.15) is 53.6 Å². The molecule has 204 valence electrons. The number of nitrogens with zero attached hydrogens (tertiary/aromatic N) is 1. The average molecular weight is 535 g/mol. The van der Waals surface area contributed by atoms with Crippen molar-refractivity contribution in [2.24, 2.45) is 0 Å². The maximum Gasteiger partial charge on any atom is 0.251 e. The van der Waals surface area contributed by atoms with E-state index in [2.05, 4.69) is 19.2 Å². The summed E-state index contributed by atoms with van der Waals surface area (Å²) in [6.07, 6.45) is 0.185. The highest BCUT2D eigenvalue weighted by molar-refractivity contribution is 5.98. The monoisotopic (exact) mass is 534 g/mol. The molecule has 0 bridgehead atoms. The van der Waals surface area contributed by atoms with Gasteiger partial charge in [-0.25, -0.2) is 0 Å². The van der Waals surface area contributed by atoms with Gasteiger partial charge in [0.2, 0.25) is 12.7 Å². The van der Waals surface area contributed by atoms with Crippen molar-refractivity contribution in [1.29, 1.82) is 0 Å². The zero-order valence-corrected chi connectivity index (χ0v) is 23.1. The second-order valence-electron chi connectivity index (χ2n) is 10.5. The first-order valence-corrected chi connectivity index (χ1v) is 13.6. The number of hydrogen-bond donors (Lipinski definition) is 1. The third-order valence-electron chi connectivity index (χ3n) is 7.11. The summed E-state index contributed by atoms with van der Waals surface area (Å²) >= 11 is 0. The Morgan fingerprint density at radius 1 is 0.800 bits per heavy atom. The van der Waals surface area contributed by atoms with E-state index in [9.17, 15) is 9.59 Å². The third kappa shape index (κ3) is 6.34. The maximum atomic E-state index is 14.1. The minimum absolute atomic E-state index is 0.134. The van der Waals surface area contributed by atoms with Crippen molar-refractivity contribution >= 4 is 17.5 Å². The summed E-state index contributed by atoms with van der Waals surface area (Å²) in [5.74, 6) is 1.12. The molecule has 1 atom stereocenters. The van der Waals surface area contributed by atoms with E-state index >= 15 is 0 Å². The first kappa shape index (κ1) is 27.0. The van der Waals surface area contributed by atoms with Crippen LogP contribution in [0.4, 0.5) is 5.69 Å². The molecule has 1 unspecified atom stereocenters. The van der Waals surface area contributed by atoms with E-state index in [1.165, 1.54) is 5.56 Å². The smallest absolute Gasteiger partial charge is 0.251 e. The normalized spacial score (nSPS) is 12.7. The first-order valence-electron chi connectivity index (χ1n) is 13.6. The molecule has 1 heterocycles. The van der Waals surface area contributed by atoms with Crippen molar-refractivity contribution in [3.63, 3.8) is 0 Å². The lowest BCUT2D eigenvalue weighted by molar-refractivity contribution is -0.139. The van der Waals surface area contributed by atoms with Gasteiger partial charge in [0.25, 0.3) is 5.91 Å². The molecule has 5 rings (SSSR count). The number of rotatable bonds is 9. The Balaban J connectivity index is 1.53. The summed E-state index contributed by atoms with van der Waals surface area (Å²) in [5, 5.41) is 3.03. The molecule has 0 saturated carbocycles. The molecule has 0 spiro atoms. The van der Waals surface area contributed by atoms with Gasteiger partial charge in [0.15, 0.2) is 11.5 Å². The van der Waals surface area contributed by atoms with E-state index in [1.54, 1.807) is 23.1 Å². The zero-order chi connectivity index (χ0) is 28.1. The molecule has 0 fully saturated rings. The van der Waals surface area contributed by atoms with E-state index < -0.39 is 6.04 Å². The molecule has 1 N–H and O–H groups in total. The third-order valence-corrected chi connectivity index (χ3v) is 7.11. The molecule has 0 aromatic heterocycles. The lowest BCUT2D eigenvalue weighted by atomic mass is 9.97. The minimum atomic E-state index is -0.857. The molecule has 40 heavy (non-hydrogen) atoms. The maximum absolute atomic E-state index is 14.1. The lowest BCUT2D eigenvalue weighted by Gasteiger charge is -2.32. The number of carbonyl (C=O) groups excluding carboxylic acids is 2. The Morgan fingerprint density at radius 2 is 1.48 bits per heavy atom. The molecule has 1 aliphatic rings. The largest absolute Gasteiger partial charge is 0.454 e. The van der Waals surface area contributed by atoms with Crippen LogP contribution in [0, 0.1) is 6.92 Å². The van der Waals surface area contributed by atoms with Gasteiger partial charge in [-0.3, -0.25) is 9.59 Å². The summed E-state index contributed by atoms with van der Waals surface area (Å²) < 4.78 is 10.9. The van der Waals surface area contributed by atoms with Gasteiger partial charge >= 0.3 is 0 Å². The first-order chi connectivity index (χ1) is 19.4. The number of hydrogen-bond acceptors (Lipinski definition) is 4. The Labute approximate surface area is 235 Å². The topological polar surface area (TPSA) is 67.9 Å². The zero-order valence-electron chi connectivity index (χ0n) is 23.1. The van der Waals surface area contributed by atoms with Crippen LogP contribution in [0.3, 0.4) is 0 Å². The SMILES string of the molecule is Cc1ccc(CN(C(=O)Cc2ccccc2)C(C(=O)Nc2ccc3c(c2)OCO3)c2ccc(C(C)C)cc2)cc1. The van der Waals surface area contributed by atoms with Crippen LogP contribution < -0.4 is 14.8 Å². The van der Waals surface area contributed by atoms with Crippen LogP contribution in [-0.4, -0.2) is 23.5 Å². The number of ether oxygens (including phenoxy) is 2. The number of nitrogens with one attached hydrogen (secondary N) is 1. The molecule has 0 saturated heterocycles. The number of aryl methyl sites for hydroxylation is 1. The van der Waals surface area contributed by atoms with Crippen LogP contribution >= 0.6 is 0 Å². The molecule has 6 nitrogen and oxygen atoms in total. The number of benzene rings is 4. The van der Waals surface area contributed by atoms with Crippen molar-refractivity contribution in [1.82, 2.24) is 4.90 Å². The number of carbonyl (C=O) groups is 2. The molecule has 4 aromatic rings. The quantitative estimate of drug-likeness (QED) is 0.257. The number of fused-ring (bicyclic) bond motifs is 1.